The number of likely N-dealkylation sites (N-methyl/N-ethyl adjacent to an activating group) is 1. The summed E-state index contributed by atoms with van der Waals surface area (Å²) in [5.41, 5.74) is 3.07. The predicted octanol–water partition coefficient (Wildman–Crippen LogP) is 5.30. The highest BCUT2D eigenvalue weighted by molar-refractivity contribution is 7.16. The molecule has 33 heavy (non-hydrogen) atoms. The zero-order valence-corrected chi connectivity index (χ0v) is 20.5. The average Bonchev–Trinajstić information content (AvgIpc) is 3.24. The van der Waals surface area contributed by atoms with Gasteiger partial charge in [-0.25, -0.2) is 0 Å². The fourth-order valence-corrected chi connectivity index (χ4v) is 5.30. The van der Waals surface area contributed by atoms with Crippen molar-refractivity contribution in [1.29, 1.82) is 0 Å². The number of ether oxygens (including phenoxy) is 1. The van der Waals surface area contributed by atoms with Gasteiger partial charge in [0.25, 0.3) is 5.91 Å². The zero-order valence-electron chi connectivity index (χ0n) is 19.7. The van der Waals surface area contributed by atoms with Crippen LogP contribution in [-0.2, 0) is 6.42 Å². The molecule has 1 aliphatic heterocycles. The van der Waals surface area contributed by atoms with Crippen molar-refractivity contribution >= 4 is 22.2 Å². The number of hydrogen-bond donors (Lipinski definition) is 1. The van der Waals surface area contributed by atoms with Crippen molar-refractivity contribution < 1.29 is 9.53 Å². The Bertz CT molecular complexity index is 1040. The molecule has 0 saturated carbocycles. The van der Waals surface area contributed by atoms with Crippen LogP contribution in [-0.4, -0.2) is 55.5 Å². The van der Waals surface area contributed by atoms with Crippen LogP contribution < -0.4 is 10.1 Å². The standard InChI is InChI=1S/C27H33N3O2S/c1-4-23-19-24(27(33-23)28-26(31)21-9-7-6-8-10-21)25(30-17-15-29(3)16-18-30)20-11-13-22(14-12-20)32-5-2/h6-14,19,25H,4-5,15-18H2,1-3H3,(H,28,31). The molecule has 0 radical (unpaired) electrons. The molecule has 5 nitrogen and oxygen atoms in total. The first-order valence-corrected chi connectivity index (χ1v) is 12.5. The Kier molecular flexibility index (Phi) is 7.81. The minimum atomic E-state index is -0.0647. The van der Waals surface area contributed by atoms with Crippen LogP contribution >= 0.6 is 11.3 Å². The summed E-state index contributed by atoms with van der Waals surface area (Å²) in [6.45, 7) is 8.85. The number of hydrogen-bond acceptors (Lipinski definition) is 5. The fourth-order valence-electron chi connectivity index (χ4n) is 4.28. The third-order valence-electron chi connectivity index (χ3n) is 6.13. The Balaban J connectivity index is 1.71. The van der Waals surface area contributed by atoms with Crippen molar-refractivity contribution in [1.82, 2.24) is 9.80 Å². The Morgan fingerprint density at radius 1 is 1.03 bits per heavy atom. The van der Waals surface area contributed by atoms with E-state index in [9.17, 15) is 4.79 Å². The van der Waals surface area contributed by atoms with E-state index in [1.807, 2.05) is 37.3 Å². The van der Waals surface area contributed by atoms with E-state index in [0.29, 0.717) is 12.2 Å². The number of nitrogens with one attached hydrogen (secondary N) is 1. The molecular formula is C27H33N3O2S. The first kappa shape index (κ1) is 23.5. The van der Waals surface area contributed by atoms with Crippen LogP contribution in [0.1, 0.15) is 46.3 Å². The lowest BCUT2D eigenvalue weighted by Gasteiger charge is -2.38. The van der Waals surface area contributed by atoms with Crippen molar-refractivity contribution in [3.05, 3.63) is 82.2 Å². The van der Waals surface area contributed by atoms with E-state index < -0.39 is 0 Å². The van der Waals surface area contributed by atoms with Gasteiger partial charge in [0, 0.05) is 42.2 Å². The number of anilines is 1. The van der Waals surface area contributed by atoms with Gasteiger partial charge >= 0.3 is 0 Å². The summed E-state index contributed by atoms with van der Waals surface area (Å²) in [5, 5.41) is 4.17. The first-order valence-electron chi connectivity index (χ1n) is 11.7. The highest BCUT2D eigenvalue weighted by Crippen LogP contribution is 2.40. The van der Waals surface area contributed by atoms with Crippen LogP contribution in [0.5, 0.6) is 5.75 Å². The van der Waals surface area contributed by atoms with Gasteiger partial charge in [-0.05, 0) is 56.3 Å². The third-order valence-corrected chi connectivity index (χ3v) is 7.34. The van der Waals surface area contributed by atoms with Crippen molar-refractivity contribution in [3.63, 3.8) is 0 Å². The van der Waals surface area contributed by atoms with Gasteiger partial charge < -0.3 is 15.0 Å². The lowest BCUT2D eigenvalue weighted by molar-refractivity contribution is 0.102. The van der Waals surface area contributed by atoms with E-state index in [0.717, 1.165) is 43.4 Å². The van der Waals surface area contributed by atoms with Crippen molar-refractivity contribution in [3.8, 4) is 5.75 Å². The summed E-state index contributed by atoms with van der Waals surface area (Å²) in [7, 11) is 2.18. The molecule has 6 heteroatoms. The number of nitrogens with zero attached hydrogens (tertiary/aromatic N) is 2. The summed E-state index contributed by atoms with van der Waals surface area (Å²) < 4.78 is 5.68. The van der Waals surface area contributed by atoms with Crippen LogP contribution in [0.15, 0.2) is 60.7 Å². The van der Waals surface area contributed by atoms with Crippen molar-refractivity contribution in [2.75, 3.05) is 45.2 Å². The van der Waals surface area contributed by atoms with E-state index >= 15 is 0 Å². The largest absolute Gasteiger partial charge is 0.494 e. The van der Waals surface area contributed by atoms with Crippen LogP contribution in [0, 0.1) is 0 Å². The summed E-state index contributed by atoms with van der Waals surface area (Å²) in [6.07, 6.45) is 0.942. The minimum absolute atomic E-state index is 0.0647. The Morgan fingerprint density at radius 2 is 1.73 bits per heavy atom. The minimum Gasteiger partial charge on any atom is -0.494 e. The third kappa shape index (κ3) is 5.64. The average molecular weight is 464 g/mol. The van der Waals surface area contributed by atoms with Crippen LogP contribution in [0.2, 0.25) is 0 Å². The molecule has 174 valence electrons. The highest BCUT2D eigenvalue weighted by atomic mass is 32.1. The molecule has 0 bridgehead atoms. The molecule has 3 aromatic rings. The number of rotatable bonds is 8. The normalized spacial score (nSPS) is 15.8. The van der Waals surface area contributed by atoms with Crippen LogP contribution in [0.4, 0.5) is 5.00 Å². The molecule has 1 atom stereocenters. The maximum absolute atomic E-state index is 13.0. The van der Waals surface area contributed by atoms with Crippen LogP contribution in [0.25, 0.3) is 0 Å². The molecular weight excluding hydrogens is 430 g/mol. The molecule has 0 aliphatic carbocycles. The molecule has 1 aliphatic rings. The second kappa shape index (κ2) is 11.0. The molecule has 2 aromatic carbocycles. The topological polar surface area (TPSA) is 44.8 Å². The van der Waals surface area contributed by atoms with E-state index in [1.165, 1.54) is 16.0 Å². The monoisotopic (exact) mass is 463 g/mol. The number of thiophene rings is 1. The second-order valence-electron chi connectivity index (χ2n) is 8.41. The van der Waals surface area contributed by atoms with Crippen LogP contribution in [0.3, 0.4) is 0 Å². The Labute approximate surface area is 201 Å². The summed E-state index contributed by atoms with van der Waals surface area (Å²) >= 11 is 1.69. The van der Waals surface area contributed by atoms with Gasteiger partial charge in [-0.1, -0.05) is 37.3 Å². The molecule has 0 spiro atoms. The van der Waals surface area contributed by atoms with Gasteiger partial charge in [-0.15, -0.1) is 11.3 Å². The fraction of sp³-hybridized carbons (Fsp3) is 0.370. The Morgan fingerprint density at radius 3 is 2.36 bits per heavy atom. The zero-order chi connectivity index (χ0) is 23.2. The van der Waals surface area contributed by atoms with E-state index in [1.54, 1.807) is 11.3 Å². The number of piperazine rings is 1. The predicted molar refractivity (Wildman–Crippen MR) is 137 cm³/mol. The van der Waals surface area contributed by atoms with Crippen molar-refractivity contribution in [2.45, 2.75) is 26.3 Å². The van der Waals surface area contributed by atoms with Crippen molar-refractivity contribution in [2.24, 2.45) is 0 Å². The first-order chi connectivity index (χ1) is 16.1. The molecule has 1 unspecified atom stereocenters. The molecule has 1 fully saturated rings. The van der Waals surface area contributed by atoms with Gasteiger partial charge in [-0.3, -0.25) is 9.69 Å². The maximum Gasteiger partial charge on any atom is 0.256 e. The lowest BCUT2D eigenvalue weighted by atomic mass is 9.97. The van der Waals surface area contributed by atoms with E-state index in [4.69, 9.17) is 4.74 Å². The second-order valence-corrected chi connectivity index (χ2v) is 9.55. The smallest absolute Gasteiger partial charge is 0.256 e. The number of carbonyl (C=O) groups is 1. The van der Waals surface area contributed by atoms with Gasteiger partial charge in [0.2, 0.25) is 0 Å². The van der Waals surface area contributed by atoms with Gasteiger partial charge in [-0.2, -0.15) is 0 Å². The number of carbonyl (C=O) groups excluding carboxylic acids is 1. The lowest BCUT2D eigenvalue weighted by Crippen LogP contribution is -2.46. The Hall–Kier alpha value is -2.67. The van der Waals surface area contributed by atoms with E-state index in [2.05, 4.69) is 59.4 Å². The van der Waals surface area contributed by atoms with E-state index in [-0.39, 0.29) is 11.9 Å². The number of amides is 1. The molecule has 4 rings (SSSR count). The van der Waals surface area contributed by atoms with Gasteiger partial charge in [0.1, 0.15) is 10.8 Å². The molecule has 1 N–H and O–H groups in total. The number of benzene rings is 2. The van der Waals surface area contributed by atoms with Gasteiger partial charge in [0.15, 0.2) is 0 Å². The molecule has 1 aromatic heterocycles. The SMILES string of the molecule is CCOc1ccc(C(c2cc(CC)sc2NC(=O)c2ccccc2)N2CCN(C)CC2)cc1. The maximum atomic E-state index is 13.0. The summed E-state index contributed by atoms with van der Waals surface area (Å²) in [6, 6.07) is 20.2. The van der Waals surface area contributed by atoms with Gasteiger partial charge in [0.05, 0.1) is 12.6 Å². The summed E-state index contributed by atoms with van der Waals surface area (Å²) in [4.78, 5) is 19.2. The molecule has 1 amide bonds. The quantitative estimate of drug-likeness (QED) is 0.492. The number of aryl methyl sites for hydroxylation is 1. The highest BCUT2D eigenvalue weighted by Gasteiger charge is 2.29. The molecule has 2 heterocycles. The molecule has 1 saturated heterocycles. The summed E-state index contributed by atoms with van der Waals surface area (Å²) in [5.74, 6) is 0.820.